The molecule has 0 radical (unpaired) electrons. The van der Waals surface area contributed by atoms with Crippen molar-refractivity contribution in [2.24, 2.45) is 0 Å². The average Bonchev–Trinajstić information content (AvgIpc) is 3.10. The van der Waals surface area contributed by atoms with Crippen LogP contribution < -0.4 is 10.1 Å². The van der Waals surface area contributed by atoms with Crippen LogP contribution in [-0.4, -0.2) is 27.0 Å². The number of nitrogens with one attached hydrogen (secondary N) is 1. The highest BCUT2D eigenvalue weighted by Gasteiger charge is 2.24. The zero-order valence-electron chi connectivity index (χ0n) is 9.73. The van der Waals surface area contributed by atoms with E-state index in [2.05, 4.69) is 5.32 Å². The molecular formula is C11H11Cl2NO4S. The molecule has 0 aliphatic heterocycles. The first-order valence-corrected chi connectivity index (χ1v) is 8.21. The van der Waals surface area contributed by atoms with Crippen LogP contribution >= 0.6 is 22.3 Å². The summed E-state index contributed by atoms with van der Waals surface area (Å²) in [7, 11) is 1.29. The Morgan fingerprint density at radius 1 is 1.42 bits per heavy atom. The molecule has 1 amide bonds. The van der Waals surface area contributed by atoms with E-state index in [4.69, 9.17) is 27.0 Å². The number of carbonyl (C=O) groups is 1. The van der Waals surface area contributed by atoms with Crippen LogP contribution in [0.1, 0.15) is 12.8 Å². The Kier molecular flexibility index (Phi) is 4.23. The van der Waals surface area contributed by atoms with E-state index < -0.39 is 9.05 Å². The molecule has 8 heteroatoms. The van der Waals surface area contributed by atoms with Gasteiger partial charge in [-0.15, -0.1) is 0 Å². The first-order chi connectivity index (χ1) is 8.86. The van der Waals surface area contributed by atoms with Crippen LogP contribution in [0, 0.1) is 0 Å². The Labute approximate surface area is 120 Å². The van der Waals surface area contributed by atoms with Crippen molar-refractivity contribution in [1.29, 1.82) is 0 Å². The molecule has 1 aromatic rings. The van der Waals surface area contributed by atoms with Crippen molar-refractivity contribution in [3.8, 4) is 5.75 Å². The molecule has 1 aliphatic rings. The molecule has 2 rings (SSSR count). The fourth-order valence-corrected chi connectivity index (χ4v) is 2.67. The first-order valence-electron chi connectivity index (χ1n) is 5.52. The van der Waals surface area contributed by atoms with Gasteiger partial charge in [-0.2, -0.15) is 0 Å². The van der Waals surface area contributed by atoms with Gasteiger partial charge in [0.15, 0.2) is 6.61 Å². The lowest BCUT2D eigenvalue weighted by Gasteiger charge is -2.10. The van der Waals surface area contributed by atoms with Crippen LogP contribution in [0.15, 0.2) is 23.1 Å². The minimum Gasteiger partial charge on any atom is -0.482 e. The molecule has 1 N–H and O–H groups in total. The van der Waals surface area contributed by atoms with Crippen molar-refractivity contribution in [2.75, 3.05) is 6.61 Å². The SMILES string of the molecule is O=C(COc1ccc(Cl)cc1S(=O)(=O)Cl)NC1CC1. The highest BCUT2D eigenvalue weighted by atomic mass is 35.7. The molecule has 1 fully saturated rings. The van der Waals surface area contributed by atoms with Gasteiger partial charge < -0.3 is 10.1 Å². The smallest absolute Gasteiger partial charge is 0.265 e. The molecule has 1 aliphatic carbocycles. The van der Waals surface area contributed by atoms with Crippen molar-refractivity contribution in [1.82, 2.24) is 5.32 Å². The topological polar surface area (TPSA) is 72.5 Å². The Morgan fingerprint density at radius 2 is 2.11 bits per heavy atom. The van der Waals surface area contributed by atoms with Crippen molar-refractivity contribution in [3.63, 3.8) is 0 Å². The molecule has 1 saturated carbocycles. The second-order valence-corrected chi connectivity index (χ2v) is 7.13. The second kappa shape index (κ2) is 5.56. The number of halogens is 2. The van der Waals surface area contributed by atoms with Crippen LogP contribution in [0.5, 0.6) is 5.75 Å². The molecular weight excluding hydrogens is 313 g/mol. The fourth-order valence-electron chi connectivity index (χ4n) is 1.43. The molecule has 104 valence electrons. The highest BCUT2D eigenvalue weighted by molar-refractivity contribution is 8.13. The van der Waals surface area contributed by atoms with Crippen molar-refractivity contribution < 1.29 is 17.9 Å². The summed E-state index contributed by atoms with van der Waals surface area (Å²) in [5, 5.41) is 2.94. The van der Waals surface area contributed by atoms with Gasteiger partial charge in [-0.3, -0.25) is 4.79 Å². The minimum atomic E-state index is -3.98. The fraction of sp³-hybridized carbons (Fsp3) is 0.364. The van der Waals surface area contributed by atoms with Gasteiger partial charge in [0, 0.05) is 21.7 Å². The molecule has 5 nitrogen and oxygen atoms in total. The maximum Gasteiger partial charge on any atom is 0.265 e. The summed E-state index contributed by atoms with van der Waals surface area (Å²) in [4.78, 5) is 11.2. The summed E-state index contributed by atoms with van der Waals surface area (Å²) >= 11 is 5.70. The molecule has 0 bridgehead atoms. The summed E-state index contributed by atoms with van der Waals surface area (Å²) in [6.45, 7) is -0.266. The molecule has 0 atom stereocenters. The third kappa shape index (κ3) is 4.26. The molecule has 1 aromatic carbocycles. The lowest BCUT2D eigenvalue weighted by Crippen LogP contribution is -2.30. The van der Waals surface area contributed by atoms with Crippen molar-refractivity contribution >= 4 is 37.2 Å². The van der Waals surface area contributed by atoms with Gasteiger partial charge in [0.1, 0.15) is 10.6 Å². The largest absolute Gasteiger partial charge is 0.482 e. The summed E-state index contributed by atoms with van der Waals surface area (Å²) in [6.07, 6.45) is 1.93. The standard InChI is InChI=1S/C11H11Cl2NO4S/c12-7-1-4-9(10(5-7)19(13,16)17)18-6-11(15)14-8-2-3-8/h1,4-5,8H,2-3,6H2,(H,14,15). The van der Waals surface area contributed by atoms with Gasteiger partial charge in [-0.25, -0.2) is 8.42 Å². The van der Waals surface area contributed by atoms with Gasteiger partial charge in [0.2, 0.25) is 0 Å². The number of ether oxygens (including phenoxy) is 1. The number of benzene rings is 1. The maximum atomic E-state index is 11.5. The zero-order chi connectivity index (χ0) is 14.0. The van der Waals surface area contributed by atoms with Crippen molar-refractivity contribution in [2.45, 2.75) is 23.8 Å². The van der Waals surface area contributed by atoms with Gasteiger partial charge in [-0.05, 0) is 31.0 Å². The van der Waals surface area contributed by atoms with E-state index in [0.29, 0.717) is 0 Å². The number of carbonyl (C=O) groups excluding carboxylic acids is 1. The summed E-state index contributed by atoms with van der Waals surface area (Å²) in [6, 6.07) is 4.22. The van der Waals surface area contributed by atoms with Gasteiger partial charge in [-0.1, -0.05) is 11.6 Å². The Hall–Kier alpha value is -0.980. The van der Waals surface area contributed by atoms with Crippen LogP contribution in [-0.2, 0) is 13.8 Å². The van der Waals surface area contributed by atoms with Crippen LogP contribution in [0.25, 0.3) is 0 Å². The third-order valence-corrected chi connectivity index (χ3v) is 4.05. The van der Waals surface area contributed by atoms with E-state index in [-0.39, 0.29) is 34.2 Å². The Balaban J connectivity index is 2.08. The zero-order valence-corrected chi connectivity index (χ0v) is 12.1. The summed E-state index contributed by atoms with van der Waals surface area (Å²) in [5.74, 6) is -0.291. The summed E-state index contributed by atoms with van der Waals surface area (Å²) in [5.41, 5.74) is 0. The van der Waals surface area contributed by atoms with Gasteiger partial charge >= 0.3 is 0 Å². The lowest BCUT2D eigenvalue weighted by atomic mass is 10.3. The van der Waals surface area contributed by atoms with E-state index in [9.17, 15) is 13.2 Å². The third-order valence-electron chi connectivity index (χ3n) is 2.47. The number of hydrogen-bond donors (Lipinski definition) is 1. The van der Waals surface area contributed by atoms with E-state index in [1.807, 2.05) is 0 Å². The quantitative estimate of drug-likeness (QED) is 0.840. The monoisotopic (exact) mass is 323 g/mol. The van der Waals surface area contributed by atoms with Crippen LogP contribution in [0.2, 0.25) is 5.02 Å². The molecule has 0 spiro atoms. The Bertz CT molecular complexity index is 599. The summed E-state index contributed by atoms with van der Waals surface area (Å²) < 4.78 is 27.9. The van der Waals surface area contributed by atoms with Crippen LogP contribution in [0.3, 0.4) is 0 Å². The first kappa shape index (κ1) is 14.4. The number of amides is 1. The van der Waals surface area contributed by atoms with E-state index in [1.165, 1.54) is 18.2 Å². The number of rotatable bonds is 5. The van der Waals surface area contributed by atoms with E-state index >= 15 is 0 Å². The molecule has 0 heterocycles. The van der Waals surface area contributed by atoms with E-state index in [1.54, 1.807) is 0 Å². The van der Waals surface area contributed by atoms with Gasteiger partial charge in [0.05, 0.1) is 0 Å². The highest BCUT2D eigenvalue weighted by Crippen LogP contribution is 2.29. The predicted molar refractivity (Wildman–Crippen MR) is 71.2 cm³/mol. The predicted octanol–water partition coefficient (Wildman–Crippen LogP) is 1.92. The van der Waals surface area contributed by atoms with Crippen LogP contribution in [0.4, 0.5) is 0 Å². The molecule has 19 heavy (non-hydrogen) atoms. The Morgan fingerprint density at radius 3 is 2.68 bits per heavy atom. The maximum absolute atomic E-state index is 11.5. The van der Waals surface area contributed by atoms with E-state index in [0.717, 1.165) is 12.8 Å². The average molecular weight is 324 g/mol. The lowest BCUT2D eigenvalue weighted by molar-refractivity contribution is -0.123. The molecule has 0 saturated heterocycles. The van der Waals surface area contributed by atoms with Gasteiger partial charge in [0.25, 0.3) is 15.0 Å². The number of hydrogen-bond acceptors (Lipinski definition) is 4. The second-order valence-electron chi connectivity index (χ2n) is 4.16. The molecule has 0 unspecified atom stereocenters. The molecule has 0 aromatic heterocycles. The normalized spacial score (nSPS) is 15.1. The van der Waals surface area contributed by atoms with Crippen molar-refractivity contribution in [3.05, 3.63) is 23.2 Å². The minimum absolute atomic E-state index is 0.00495.